The Morgan fingerprint density at radius 2 is 2.06 bits per heavy atom. The summed E-state index contributed by atoms with van der Waals surface area (Å²) in [5.41, 5.74) is 0. The molecule has 4 heteroatoms. The summed E-state index contributed by atoms with van der Waals surface area (Å²) < 4.78 is 0. The van der Waals surface area contributed by atoms with Gasteiger partial charge in [-0.15, -0.1) is 0 Å². The molecule has 0 radical (unpaired) electrons. The number of amides is 2. The first-order chi connectivity index (χ1) is 8.09. The molecule has 4 nitrogen and oxygen atoms in total. The van der Waals surface area contributed by atoms with E-state index in [9.17, 15) is 9.59 Å². The van der Waals surface area contributed by atoms with Gasteiger partial charge in [0.2, 0.25) is 11.8 Å². The van der Waals surface area contributed by atoms with Crippen LogP contribution in [0.15, 0.2) is 0 Å². The minimum atomic E-state index is -0.155. The van der Waals surface area contributed by atoms with E-state index in [0.717, 1.165) is 32.4 Å². The lowest BCUT2D eigenvalue weighted by atomic mass is 10.1. The quantitative estimate of drug-likeness (QED) is 0.742. The highest BCUT2D eigenvalue weighted by Gasteiger charge is 2.38. The van der Waals surface area contributed by atoms with Crippen molar-refractivity contribution in [1.82, 2.24) is 9.80 Å². The summed E-state index contributed by atoms with van der Waals surface area (Å²) in [6.07, 6.45) is 3.34. The second-order valence-corrected chi connectivity index (χ2v) is 5.50. The minimum Gasteiger partial charge on any atom is -0.340 e. The molecule has 2 fully saturated rings. The van der Waals surface area contributed by atoms with Crippen molar-refractivity contribution in [2.75, 3.05) is 19.6 Å². The lowest BCUT2D eigenvalue weighted by Crippen LogP contribution is -2.44. The van der Waals surface area contributed by atoms with Gasteiger partial charge in [0, 0.05) is 26.1 Å². The van der Waals surface area contributed by atoms with Crippen LogP contribution in [0.1, 0.15) is 39.5 Å². The Bertz CT molecular complexity index is 315. The van der Waals surface area contributed by atoms with Crippen molar-refractivity contribution in [3.8, 4) is 0 Å². The molecule has 2 rings (SSSR count). The minimum absolute atomic E-state index is 0.155. The largest absolute Gasteiger partial charge is 0.340 e. The first-order valence-corrected chi connectivity index (χ1v) is 6.68. The third kappa shape index (κ3) is 2.61. The van der Waals surface area contributed by atoms with E-state index in [1.807, 2.05) is 4.90 Å². The molecular formula is C13H22N2O2. The van der Waals surface area contributed by atoms with E-state index >= 15 is 0 Å². The monoisotopic (exact) mass is 238 g/mol. The molecule has 1 unspecified atom stereocenters. The summed E-state index contributed by atoms with van der Waals surface area (Å²) in [4.78, 5) is 27.9. The van der Waals surface area contributed by atoms with Crippen LogP contribution in [0.25, 0.3) is 0 Å². The number of fused-ring (bicyclic) bond motifs is 1. The lowest BCUT2D eigenvalue weighted by Gasteiger charge is -2.25. The van der Waals surface area contributed by atoms with Crippen molar-refractivity contribution in [2.24, 2.45) is 5.92 Å². The zero-order chi connectivity index (χ0) is 12.4. The van der Waals surface area contributed by atoms with Crippen molar-refractivity contribution >= 4 is 11.8 Å². The first kappa shape index (κ1) is 12.4. The Balaban J connectivity index is 2.04. The highest BCUT2D eigenvalue weighted by molar-refractivity contribution is 5.90. The van der Waals surface area contributed by atoms with E-state index in [1.165, 1.54) is 0 Å². The third-order valence-corrected chi connectivity index (χ3v) is 3.74. The molecule has 2 aliphatic rings. The van der Waals surface area contributed by atoms with E-state index in [1.54, 1.807) is 4.90 Å². The topological polar surface area (TPSA) is 40.6 Å². The van der Waals surface area contributed by atoms with Crippen LogP contribution in [0.3, 0.4) is 0 Å². The van der Waals surface area contributed by atoms with Gasteiger partial charge in [-0.2, -0.15) is 0 Å². The fourth-order valence-electron chi connectivity index (χ4n) is 2.65. The van der Waals surface area contributed by atoms with Gasteiger partial charge < -0.3 is 9.80 Å². The van der Waals surface area contributed by atoms with Crippen molar-refractivity contribution in [3.05, 3.63) is 0 Å². The fourth-order valence-corrected chi connectivity index (χ4v) is 2.65. The summed E-state index contributed by atoms with van der Waals surface area (Å²) in [5, 5.41) is 0. The van der Waals surface area contributed by atoms with Gasteiger partial charge in [0.05, 0.1) is 0 Å². The van der Waals surface area contributed by atoms with Crippen molar-refractivity contribution in [2.45, 2.75) is 45.6 Å². The Labute approximate surface area is 103 Å². The average molecular weight is 238 g/mol. The number of hydrogen-bond acceptors (Lipinski definition) is 2. The van der Waals surface area contributed by atoms with Gasteiger partial charge in [0.15, 0.2) is 0 Å². The molecule has 2 saturated heterocycles. The van der Waals surface area contributed by atoms with E-state index in [4.69, 9.17) is 0 Å². The Morgan fingerprint density at radius 1 is 1.29 bits per heavy atom. The van der Waals surface area contributed by atoms with Gasteiger partial charge in [-0.25, -0.2) is 0 Å². The van der Waals surface area contributed by atoms with Gasteiger partial charge in [0.25, 0.3) is 0 Å². The Hall–Kier alpha value is -1.06. The standard InChI is InChI=1S/C13H22N2O2/c1-10(2)5-8-14-9-6-12(16)15-7-3-4-11(15)13(14)17/h10-11H,3-9H2,1-2H3. The normalized spacial score (nSPS) is 25.5. The summed E-state index contributed by atoms with van der Waals surface area (Å²) in [7, 11) is 0. The van der Waals surface area contributed by atoms with Gasteiger partial charge >= 0.3 is 0 Å². The molecule has 17 heavy (non-hydrogen) atoms. The van der Waals surface area contributed by atoms with Crippen LogP contribution in [-0.2, 0) is 9.59 Å². The zero-order valence-electron chi connectivity index (χ0n) is 10.8. The van der Waals surface area contributed by atoms with Gasteiger partial charge in [-0.3, -0.25) is 9.59 Å². The molecule has 0 aromatic carbocycles. The SMILES string of the molecule is CC(C)CCN1CCC(=O)N2CCCC2C1=O. The molecule has 0 N–H and O–H groups in total. The first-order valence-electron chi connectivity index (χ1n) is 6.68. The van der Waals surface area contributed by atoms with E-state index < -0.39 is 0 Å². The summed E-state index contributed by atoms with van der Waals surface area (Å²) >= 11 is 0. The van der Waals surface area contributed by atoms with Crippen LogP contribution in [0.5, 0.6) is 0 Å². The predicted octanol–water partition coefficient (Wildman–Crippen LogP) is 1.26. The number of nitrogens with zero attached hydrogens (tertiary/aromatic N) is 2. The third-order valence-electron chi connectivity index (χ3n) is 3.74. The maximum atomic E-state index is 12.3. The molecule has 0 saturated carbocycles. The summed E-state index contributed by atoms with van der Waals surface area (Å²) in [6, 6.07) is -0.155. The number of carbonyl (C=O) groups excluding carboxylic acids is 2. The van der Waals surface area contributed by atoms with Crippen molar-refractivity contribution in [3.63, 3.8) is 0 Å². The maximum absolute atomic E-state index is 12.3. The van der Waals surface area contributed by atoms with Crippen LogP contribution in [0.4, 0.5) is 0 Å². The Kier molecular flexibility index (Phi) is 3.69. The number of carbonyl (C=O) groups is 2. The molecule has 2 heterocycles. The van der Waals surface area contributed by atoms with E-state index in [2.05, 4.69) is 13.8 Å². The van der Waals surface area contributed by atoms with Crippen LogP contribution >= 0.6 is 0 Å². The molecule has 2 amide bonds. The second-order valence-electron chi connectivity index (χ2n) is 5.50. The van der Waals surface area contributed by atoms with E-state index in [-0.39, 0.29) is 17.9 Å². The fraction of sp³-hybridized carbons (Fsp3) is 0.846. The highest BCUT2D eigenvalue weighted by Crippen LogP contribution is 2.23. The molecule has 2 aliphatic heterocycles. The smallest absolute Gasteiger partial charge is 0.245 e. The molecular weight excluding hydrogens is 216 g/mol. The van der Waals surface area contributed by atoms with Gasteiger partial charge in [-0.1, -0.05) is 13.8 Å². The molecule has 0 aromatic heterocycles. The highest BCUT2D eigenvalue weighted by atomic mass is 16.2. The Morgan fingerprint density at radius 3 is 2.76 bits per heavy atom. The molecule has 0 spiro atoms. The molecule has 1 atom stereocenters. The molecule has 96 valence electrons. The van der Waals surface area contributed by atoms with Crippen molar-refractivity contribution in [1.29, 1.82) is 0 Å². The van der Waals surface area contributed by atoms with Gasteiger partial charge in [0.1, 0.15) is 6.04 Å². The van der Waals surface area contributed by atoms with Crippen LogP contribution in [-0.4, -0.2) is 47.3 Å². The van der Waals surface area contributed by atoms with E-state index in [0.29, 0.717) is 18.9 Å². The lowest BCUT2D eigenvalue weighted by molar-refractivity contribution is -0.139. The van der Waals surface area contributed by atoms with Gasteiger partial charge in [-0.05, 0) is 25.2 Å². The maximum Gasteiger partial charge on any atom is 0.245 e. The predicted molar refractivity (Wildman–Crippen MR) is 65.4 cm³/mol. The average Bonchev–Trinajstić information content (AvgIpc) is 2.72. The second kappa shape index (κ2) is 5.07. The van der Waals surface area contributed by atoms with Crippen LogP contribution in [0, 0.1) is 5.92 Å². The summed E-state index contributed by atoms with van der Waals surface area (Å²) in [5.74, 6) is 0.934. The zero-order valence-corrected chi connectivity index (χ0v) is 10.8. The molecule has 0 aromatic rings. The number of hydrogen-bond donors (Lipinski definition) is 0. The summed E-state index contributed by atoms with van der Waals surface area (Å²) in [6.45, 7) is 6.50. The molecule has 0 bridgehead atoms. The van der Waals surface area contributed by atoms with Crippen molar-refractivity contribution < 1.29 is 9.59 Å². The van der Waals surface area contributed by atoms with Crippen LogP contribution in [0.2, 0.25) is 0 Å². The molecule has 0 aliphatic carbocycles. The number of rotatable bonds is 3. The van der Waals surface area contributed by atoms with Crippen LogP contribution < -0.4 is 0 Å².